The third kappa shape index (κ3) is 21.2. The fraction of sp³-hybridized carbons (Fsp3) is 0.617. The summed E-state index contributed by atoms with van der Waals surface area (Å²) in [6.45, 7) is 18.2. The molecule has 0 spiro atoms. The number of carboxylic acid groups (broad SMARTS) is 2. The van der Waals surface area contributed by atoms with E-state index in [2.05, 4.69) is 65.0 Å². The molecule has 1 aliphatic rings. The molecule has 1 aliphatic carbocycles. The number of carbonyl (C=O) groups is 2. The molecule has 0 aliphatic heterocycles. The minimum Gasteiger partial charge on any atom is -0.507 e. The van der Waals surface area contributed by atoms with Crippen LogP contribution in [0.5, 0.6) is 11.5 Å². The van der Waals surface area contributed by atoms with Crippen LogP contribution in [-0.4, -0.2) is 83.0 Å². The summed E-state index contributed by atoms with van der Waals surface area (Å²) in [6, 6.07) is 8.95. The molecule has 1 saturated carbocycles. The fourth-order valence-corrected chi connectivity index (χ4v) is 8.38. The van der Waals surface area contributed by atoms with E-state index in [4.69, 9.17) is 29.8 Å². The number of unbranched alkanes of at least 4 members (excludes halogenated alkanes) is 3. The Morgan fingerprint density at radius 3 is 1.32 bits per heavy atom. The first-order chi connectivity index (χ1) is 25.1. The molecule has 8 nitrogen and oxygen atoms in total. The van der Waals surface area contributed by atoms with Crippen LogP contribution < -0.4 is 0 Å². The van der Waals surface area contributed by atoms with Crippen molar-refractivity contribution < 1.29 is 47.4 Å². The van der Waals surface area contributed by atoms with Gasteiger partial charge in [0.1, 0.15) is 11.5 Å². The van der Waals surface area contributed by atoms with Crippen molar-refractivity contribution in [1.29, 1.82) is 0 Å². The molecule has 0 bridgehead atoms. The summed E-state index contributed by atoms with van der Waals surface area (Å²) in [5.74, 6) is -1.90. The Labute approximate surface area is 360 Å². The van der Waals surface area contributed by atoms with Crippen molar-refractivity contribution in [2.75, 3.05) is 26.2 Å². The summed E-state index contributed by atoms with van der Waals surface area (Å²) in [6.07, 6.45) is 22.8. The molecule has 0 radical (unpaired) electrons. The molecule has 3 atom stereocenters. The van der Waals surface area contributed by atoms with Crippen LogP contribution in [0.4, 0.5) is 0 Å². The first-order valence-corrected chi connectivity index (χ1v) is 23.4. The molecule has 0 aromatic heterocycles. The number of hydrogen-bond acceptors (Lipinski definition) is 6. The van der Waals surface area contributed by atoms with Crippen molar-refractivity contribution in [2.45, 2.75) is 162 Å². The average Bonchev–Trinajstić information content (AvgIpc) is 3.11. The molecule has 10 heteroatoms. The van der Waals surface area contributed by atoms with Gasteiger partial charge in [0.25, 0.3) is 0 Å². The minimum atomic E-state index is -1.82. The van der Waals surface area contributed by atoms with Crippen molar-refractivity contribution in [2.24, 2.45) is 9.98 Å². The Bertz CT molecular complexity index is 1490. The summed E-state index contributed by atoms with van der Waals surface area (Å²) in [7, 11) is -0.782. The van der Waals surface area contributed by atoms with E-state index < -0.39 is 19.2 Å². The first kappa shape index (κ1) is 58.6. The number of aliphatic imine (C=N–C) groups is 2. The predicted molar refractivity (Wildman–Crippen MR) is 245 cm³/mol. The minimum absolute atomic E-state index is 0. The monoisotopic (exact) mass is 852 g/mol. The van der Waals surface area contributed by atoms with Crippen LogP contribution in [0.15, 0.2) is 34.3 Å². The van der Waals surface area contributed by atoms with E-state index in [0.717, 1.165) is 47.9 Å². The molecule has 3 unspecified atom stereocenters. The van der Waals surface area contributed by atoms with Crippen LogP contribution in [0.2, 0.25) is 0 Å². The van der Waals surface area contributed by atoms with Crippen molar-refractivity contribution in [3.63, 3.8) is 0 Å². The number of aryl methyl sites for hydroxylation is 2. The number of rotatable bonds is 19. The van der Waals surface area contributed by atoms with E-state index in [1.54, 1.807) is 0 Å². The second kappa shape index (κ2) is 30.3. The average molecular weight is 852 g/mol. The van der Waals surface area contributed by atoms with Crippen LogP contribution in [0.1, 0.15) is 170 Å². The maximum atomic E-state index is 11.1. The van der Waals surface area contributed by atoms with Crippen LogP contribution in [0.3, 0.4) is 0 Å². The summed E-state index contributed by atoms with van der Waals surface area (Å²) >= 11 is 0. The second-order valence-electron chi connectivity index (χ2n) is 16.1. The summed E-state index contributed by atoms with van der Waals surface area (Å²) < 4.78 is 0. The van der Waals surface area contributed by atoms with Gasteiger partial charge in [-0.05, 0) is 105 Å². The number of phenolic OH excluding ortho intramolecular Hbond substituents is 2. The topological polar surface area (TPSA) is 140 Å². The van der Waals surface area contributed by atoms with Gasteiger partial charge in [-0.1, -0.05) is 91.7 Å². The summed E-state index contributed by atoms with van der Waals surface area (Å²) in [5.41, 5.74) is 6.23. The molecule has 1 fully saturated rings. The Morgan fingerprint density at radius 1 is 0.684 bits per heavy atom. The fourth-order valence-electron chi connectivity index (χ4n) is 7.25. The smallest absolute Gasteiger partial charge is 0.414 e. The van der Waals surface area contributed by atoms with Gasteiger partial charge in [-0.15, -0.1) is 0 Å². The van der Waals surface area contributed by atoms with Crippen LogP contribution >= 0.6 is 7.26 Å². The molecule has 2 aromatic carbocycles. The van der Waals surface area contributed by atoms with E-state index in [1.165, 1.54) is 87.9 Å². The molecule has 0 heterocycles. The quantitative estimate of drug-likeness (QED) is 0.0480. The molecule has 2 aromatic rings. The van der Waals surface area contributed by atoms with Crippen molar-refractivity contribution in [3.05, 3.63) is 72.5 Å². The van der Waals surface area contributed by atoms with Gasteiger partial charge in [-0.25, -0.2) is 9.59 Å². The molecular weight excluding hydrogens is 771 g/mol. The van der Waals surface area contributed by atoms with Gasteiger partial charge in [-0.2, -0.15) is 0 Å². The van der Waals surface area contributed by atoms with E-state index in [9.17, 15) is 10.2 Å². The zero-order chi connectivity index (χ0) is 39.6. The van der Waals surface area contributed by atoms with E-state index in [0.29, 0.717) is 23.3 Å². The van der Waals surface area contributed by atoms with Crippen molar-refractivity contribution in [1.82, 2.24) is 0 Å². The third-order valence-corrected chi connectivity index (χ3v) is 12.1. The van der Waals surface area contributed by atoms with Crippen molar-refractivity contribution >= 4 is 31.6 Å². The molecule has 57 heavy (non-hydrogen) atoms. The van der Waals surface area contributed by atoms with E-state index >= 15 is 0 Å². The Morgan fingerprint density at radius 2 is 1.02 bits per heavy atom. The Hall–Kier alpha value is -2.72. The number of aromatic hydroxyl groups is 2. The maximum absolute atomic E-state index is 11.1. The van der Waals surface area contributed by atoms with Crippen molar-refractivity contribution in [3.8, 4) is 11.5 Å². The molecule has 4 N–H and O–H groups in total. The van der Waals surface area contributed by atoms with Gasteiger partial charge in [0.2, 0.25) is 0 Å². The van der Waals surface area contributed by atoms with Crippen LogP contribution in [0, 0.1) is 28.7 Å². The van der Waals surface area contributed by atoms with Crippen LogP contribution in [0.25, 0.3) is 0 Å². The van der Waals surface area contributed by atoms with Crippen LogP contribution in [-0.2, 0) is 27.0 Å². The second-order valence-corrected chi connectivity index (χ2v) is 21.1. The normalized spacial score (nSPS) is 15.7. The molecular formula is C47H80CrN2O6P-. The SMILES string of the molecule is C.CCCCC(CCCC)c1cc(C)c(O)c(C=NC2CCCCC2N=Cc2cc(C(CCCC)CCC[P+](C)(C)C)cc(C)c2O)c1.O=C(O)C(=O)O.[CH3-].[CH3-].[Cr]. The third-order valence-electron chi connectivity index (χ3n) is 10.4. The molecule has 0 saturated heterocycles. The number of nitrogens with zero attached hydrogens (tertiary/aromatic N) is 2. The van der Waals surface area contributed by atoms with Gasteiger partial charge < -0.3 is 35.3 Å². The van der Waals surface area contributed by atoms with Gasteiger partial charge in [0.05, 0.1) is 18.2 Å². The molecule has 3 rings (SSSR count). The standard InChI is InChI=1S/C42H67N2O2P.C2H2O4.CH4.2CH3.Cr/c1-9-12-18-33(19-13-10-2)35-25-31(4)41(45)37(27-35)29-43-39-22-15-16-23-40(39)44-30-38-28-36(26-32(5)42(38)46)34(20-14-11-3)21-17-24-47(6,7)8;3-1(4)2(5)6;;;;/h25-30,33-34,39-40H,9-24H2,1-8H3,(H-,43,44,45,46);(H,3,4)(H,5,6);1H4;2*1H3;/q;;;2*-1;/p+1. The summed E-state index contributed by atoms with van der Waals surface area (Å²) in [5, 5.41) is 36.9. The molecule has 326 valence electrons. The summed E-state index contributed by atoms with van der Waals surface area (Å²) in [4.78, 5) is 28.4. The number of benzene rings is 2. The van der Waals surface area contributed by atoms with E-state index in [-0.39, 0.29) is 51.7 Å². The number of carboxylic acids is 2. The number of phenols is 2. The van der Waals surface area contributed by atoms with Gasteiger partial charge in [0, 0.05) is 68.2 Å². The zero-order valence-corrected chi connectivity index (χ0v) is 38.6. The van der Waals surface area contributed by atoms with Gasteiger partial charge >= 0.3 is 11.9 Å². The Balaban J connectivity index is -0.00000270. The van der Waals surface area contributed by atoms with E-state index in [1.807, 2.05) is 26.3 Å². The first-order valence-electron chi connectivity index (χ1n) is 20.1. The Kier molecular flexibility index (Phi) is 31.2. The largest absolute Gasteiger partial charge is 0.507 e. The van der Waals surface area contributed by atoms with Gasteiger partial charge in [0.15, 0.2) is 0 Å². The van der Waals surface area contributed by atoms with Gasteiger partial charge in [-0.3, -0.25) is 9.98 Å². The number of hydrogen-bond donors (Lipinski definition) is 4. The predicted octanol–water partition coefficient (Wildman–Crippen LogP) is 12.7. The zero-order valence-electron chi connectivity index (χ0n) is 36.4. The number of aliphatic carboxylic acids is 2. The maximum Gasteiger partial charge on any atom is 0.414 e. The molecule has 0 amide bonds.